The molecule has 102 valence electrons. The SMILES string of the molecule is CCNc1ncc(CN(C)Cc2ccc(Br)cc2)s1. The fourth-order valence-electron chi connectivity index (χ4n) is 1.84. The molecular formula is C14H18BrN3S. The zero-order valence-corrected chi connectivity index (χ0v) is 13.6. The summed E-state index contributed by atoms with van der Waals surface area (Å²) in [6, 6.07) is 8.47. The molecule has 2 aromatic rings. The Hall–Kier alpha value is -0.910. The molecule has 0 aliphatic heterocycles. The van der Waals surface area contributed by atoms with Crippen LogP contribution in [0.15, 0.2) is 34.9 Å². The number of rotatable bonds is 6. The van der Waals surface area contributed by atoms with Gasteiger partial charge in [0, 0.05) is 35.2 Å². The molecule has 5 heteroatoms. The molecule has 0 radical (unpaired) electrons. The average molecular weight is 340 g/mol. The highest BCUT2D eigenvalue weighted by Crippen LogP contribution is 2.20. The number of anilines is 1. The van der Waals surface area contributed by atoms with E-state index in [2.05, 4.69) is 69.4 Å². The van der Waals surface area contributed by atoms with E-state index in [0.29, 0.717) is 0 Å². The van der Waals surface area contributed by atoms with Crippen molar-refractivity contribution in [1.29, 1.82) is 0 Å². The minimum atomic E-state index is 0.918. The maximum Gasteiger partial charge on any atom is 0.182 e. The van der Waals surface area contributed by atoms with Gasteiger partial charge in [-0.15, -0.1) is 11.3 Å². The highest BCUT2D eigenvalue weighted by Gasteiger charge is 2.05. The Morgan fingerprint density at radius 3 is 2.68 bits per heavy atom. The summed E-state index contributed by atoms with van der Waals surface area (Å²) in [5, 5.41) is 4.25. The van der Waals surface area contributed by atoms with Gasteiger partial charge in [0.2, 0.25) is 0 Å². The van der Waals surface area contributed by atoms with Gasteiger partial charge < -0.3 is 5.32 Å². The molecule has 0 fully saturated rings. The van der Waals surface area contributed by atoms with Crippen LogP contribution in [0, 0.1) is 0 Å². The first-order chi connectivity index (χ1) is 9.17. The van der Waals surface area contributed by atoms with Crippen molar-refractivity contribution >= 4 is 32.4 Å². The van der Waals surface area contributed by atoms with Gasteiger partial charge in [-0.05, 0) is 31.7 Å². The van der Waals surface area contributed by atoms with Crippen molar-refractivity contribution < 1.29 is 0 Å². The fourth-order valence-corrected chi connectivity index (χ4v) is 3.06. The molecule has 1 aromatic carbocycles. The van der Waals surface area contributed by atoms with Crippen LogP contribution in [0.1, 0.15) is 17.4 Å². The van der Waals surface area contributed by atoms with E-state index in [9.17, 15) is 0 Å². The molecule has 0 unspecified atom stereocenters. The van der Waals surface area contributed by atoms with Crippen LogP contribution in [0.3, 0.4) is 0 Å². The van der Waals surface area contributed by atoms with Crippen LogP contribution in [-0.2, 0) is 13.1 Å². The summed E-state index contributed by atoms with van der Waals surface area (Å²) in [7, 11) is 2.13. The minimum absolute atomic E-state index is 0.918. The maximum atomic E-state index is 4.35. The van der Waals surface area contributed by atoms with E-state index < -0.39 is 0 Å². The van der Waals surface area contributed by atoms with Crippen LogP contribution in [0.2, 0.25) is 0 Å². The molecule has 3 nitrogen and oxygen atoms in total. The van der Waals surface area contributed by atoms with E-state index in [0.717, 1.165) is 29.2 Å². The first kappa shape index (κ1) is 14.5. The number of hydrogen-bond acceptors (Lipinski definition) is 4. The predicted octanol–water partition coefficient (Wildman–Crippen LogP) is 3.97. The quantitative estimate of drug-likeness (QED) is 0.862. The lowest BCUT2D eigenvalue weighted by molar-refractivity contribution is 0.322. The van der Waals surface area contributed by atoms with Gasteiger partial charge in [0.05, 0.1) is 0 Å². The van der Waals surface area contributed by atoms with E-state index in [1.807, 2.05) is 6.20 Å². The topological polar surface area (TPSA) is 28.2 Å². The van der Waals surface area contributed by atoms with Crippen LogP contribution in [-0.4, -0.2) is 23.5 Å². The molecule has 1 heterocycles. The van der Waals surface area contributed by atoms with Crippen molar-refractivity contribution in [2.24, 2.45) is 0 Å². The smallest absolute Gasteiger partial charge is 0.182 e. The highest BCUT2D eigenvalue weighted by atomic mass is 79.9. The van der Waals surface area contributed by atoms with Gasteiger partial charge >= 0.3 is 0 Å². The van der Waals surface area contributed by atoms with Gasteiger partial charge in [0.15, 0.2) is 5.13 Å². The second-order valence-electron chi connectivity index (χ2n) is 4.46. The van der Waals surface area contributed by atoms with Crippen molar-refractivity contribution in [2.45, 2.75) is 20.0 Å². The van der Waals surface area contributed by atoms with E-state index in [1.165, 1.54) is 10.4 Å². The monoisotopic (exact) mass is 339 g/mol. The van der Waals surface area contributed by atoms with E-state index in [4.69, 9.17) is 0 Å². The van der Waals surface area contributed by atoms with Gasteiger partial charge in [0.25, 0.3) is 0 Å². The number of thiazole rings is 1. The summed E-state index contributed by atoms with van der Waals surface area (Å²) >= 11 is 5.18. The first-order valence-corrected chi connectivity index (χ1v) is 7.90. The van der Waals surface area contributed by atoms with E-state index in [1.54, 1.807) is 11.3 Å². The highest BCUT2D eigenvalue weighted by molar-refractivity contribution is 9.10. The van der Waals surface area contributed by atoms with Crippen molar-refractivity contribution in [3.63, 3.8) is 0 Å². The third-order valence-corrected chi connectivity index (χ3v) is 4.14. The standard InChI is InChI=1S/C14H18BrN3S/c1-3-16-14-17-8-13(19-14)10-18(2)9-11-4-6-12(15)7-5-11/h4-8H,3,9-10H2,1-2H3,(H,16,17). The third-order valence-electron chi connectivity index (χ3n) is 2.67. The molecule has 19 heavy (non-hydrogen) atoms. The third kappa shape index (κ3) is 4.60. The Bertz CT molecular complexity index is 510. The fraction of sp³-hybridized carbons (Fsp3) is 0.357. The molecule has 0 atom stereocenters. The number of nitrogens with one attached hydrogen (secondary N) is 1. The molecule has 0 saturated heterocycles. The summed E-state index contributed by atoms with van der Waals surface area (Å²) in [5.41, 5.74) is 1.32. The molecule has 0 aliphatic rings. The minimum Gasteiger partial charge on any atom is -0.362 e. The summed E-state index contributed by atoms with van der Waals surface area (Å²) in [6.07, 6.45) is 1.96. The number of halogens is 1. The van der Waals surface area contributed by atoms with Gasteiger partial charge in [-0.2, -0.15) is 0 Å². The molecule has 0 aliphatic carbocycles. The second kappa shape index (κ2) is 7.03. The average Bonchev–Trinajstić information content (AvgIpc) is 2.80. The molecule has 0 amide bonds. The Labute approximate surface area is 126 Å². The van der Waals surface area contributed by atoms with Crippen molar-refractivity contribution in [3.8, 4) is 0 Å². The maximum absolute atomic E-state index is 4.35. The molecule has 0 saturated carbocycles. The predicted molar refractivity (Wildman–Crippen MR) is 85.6 cm³/mol. The second-order valence-corrected chi connectivity index (χ2v) is 6.49. The van der Waals surface area contributed by atoms with Crippen molar-refractivity contribution in [3.05, 3.63) is 45.4 Å². The largest absolute Gasteiger partial charge is 0.362 e. The van der Waals surface area contributed by atoms with E-state index in [-0.39, 0.29) is 0 Å². The van der Waals surface area contributed by atoms with Crippen molar-refractivity contribution in [1.82, 2.24) is 9.88 Å². The van der Waals surface area contributed by atoms with Gasteiger partial charge in [-0.25, -0.2) is 4.98 Å². The molecule has 0 spiro atoms. The Balaban J connectivity index is 1.89. The summed E-state index contributed by atoms with van der Waals surface area (Å²) in [6.45, 7) is 4.88. The van der Waals surface area contributed by atoms with Crippen LogP contribution in [0.5, 0.6) is 0 Å². The summed E-state index contributed by atoms with van der Waals surface area (Å²) in [4.78, 5) is 7.94. The summed E-state index contributed by atoms with van der Waals surface area (Å²) < 4.78 is 1.12. The Morgan fingerprint density at radius 1 is 1.26 bits per heavy atom. The van der Waals surface area contributed by atoms with Gasteiger partial charge in [-0.3, -0.25) is 4.90 Å². The molecule has 1 N–H and O–H groups in total. The number of aromatic nitrogens is 1. The van der Waals surface area contributed by atoms with Crippen LogP contribution in [0.25, 0.3) is 0 Å². The lowest BCUT2D eigenvalue weighted by atomic mass is 10.2. The van der Waals surface area contributed by atoms with Gasteiger partial charge in [0.1, 0.15) is 0 Å². The van der Waals surface area contributed by atoms with Crippen LogP contribution < -0.4 is 5.32 Å². The van der Waals surface area contributed by atoms with Crippen LogP contribution >= 0.6 is 27.3 Å². The number of hydrogen-bond donors (Lipinski definition) is 1. The lowest BCUT2D eigenvalue weighted by Gasteiger charge is -2.15. The Morgan fingerprint density at radius 2 is 2.00 bits per heavy atom. The molecular weight excluding hydrogens is 322 g/mol. The van der Waals surface area contributed by atoms with Crippen LogP contribution in [0.4, 0.5) is 5.13 Å². The molecule has 1 aromatic heterocycles. The first-order valence-electron chi connectivity index (χ1n) is 6.29. The summed E-state index contributed by atoms with van der Waals surface area (Å²) in [5.74, 6) is 0. The zero-order valence-electron chi connectivity index (χ0n) is 11.2. The van der Waals surface area contributed by atoms with Gasteiger partial charge in [-0.1, -0.05) is 28.1 Å². The normalized spacial score (nSPS) is 10.9. The Kier molecular flexibility index (Phi) is 5.36. The lowest BCUT2D eigenvalue weighted by Crippen LogP contribution is -2.16. The number of benzene rings is 1. The van der Waals surface area contributed by atoms with Crippen molar-refractivity contribution in [2.75, 3.05) is 18.9 Å². The molecule has 2 rings (SSSR count). The zero-order chi connectivity index (χ0) is 13.7. The van der Waals surface area contributed by atoms with E-state index >= 15 is 0 Å². The molecule has 0 bridgehead atoms. The number of nitrogens with zero attached hydrogens (tertiary/aromatic N) is 2.